The van der Waals surface area contributed by atoms with Gasteiger partial charge in [-0.1, -0.05) is 36.4 Å². The number of aromatic nitrogens is 1. The average Bonchev–Trinajstić information content (AvgIpc) is 2.47. The van der Waals surface area contributed by atoms with Crippen LogP contribution in [0.1, 0.15) is 22.8 Å². The lowest BCUT2D eigenvalue weighted by atomic mass is 10.0. The lowest BCUT2D eigenvalue weighted by Crippen LogP contribution is -2.35. The number of carbonyl (C=O) groups is 1. The summed E-state index contributed by atoms with van der Waals surface area (Å²) < 4.78 is 0. The third-order valence-electron chi connectivity index (χ3n) is 3.25. The summed E-state index contributed by atoms with van der Waals surface area (Å²) >= 11 is 0. The van der Waals surface area contributed by atoms with Crippen LogP contribution >= 0.6 is 0 Å². The van der Waals surface area contributed by atoms with Crippen molar-refractivity contribution in [1.82, 2.24) is 9.88 Å². The molecule has 1 atom stereocenters. The van der Waals surface area contributed by atoms with Crippen molar-refractivity contribution in [3.63, 3.8) is 0 Å². The maximum absolute atomic E-state index is 12.3. The molecule has 0 saturated heterocycles. The van der Waals surface area contributed by atoms with Gasteiger partial charge < -0.3 is 0 Å². The highest BCUT2D eigenvalue weighted by atomic mass is 16.1. The van der Waals surface area contributed by atoms with Gasteiger partial charge in [0.25, 0.3) is 0 Å². The van der Waals surface area contributed by atoms with Gasteiger partial charge >= 0.3 is 0 Å². The largest absolute Gasteiger partial charge is 0.292 e. The number of Topliss-reactive ketones (excluding diaryl/α,β-unsaturated/α-hetero) is 1. The van der Waals surface area contributed by atoms with Crippen LogP contribution in [-0.4, -0.2) is 28.8 Å². The Kier molecular flexibility index (Phi) is 4.42. The van der Waals surface area contributed by atoms with Crippen LogP contribution in [0.4, 0.5) is 0 Å². The second kappa shape index (κ2) is 6.25. The number of pyridine rings is 1. The fourth-order valence-electron chi connectivity index (χ4n) is 1.96. The first kappa shape index (κ1) is 13.4. The van der Waals surface area contributed by atoms with Crippen molar-refractivity contribution in [1.29, 1.82) is 0 Å². The molecule has 0 aliphatic carbocycles. The number of hydrogen-bond acceptors (Lipinski definition) is 3. The van der Waals surface area contributed by atoms with Crippen molar-refractivity contribution >= 4 is 5.78 Å². The fraction of sp³-hybridized carbons (Fsp3) is 0.250. The van der Waals surface area contributed by atoms with Gasteiger partial charge in [-0.15, -0.1) is 0 Å². The first-order valence-electron chi connectivity index (χ1n) is 6.37. The van der Waals surface area contributed by atoms with Crippen molar-refractivity contribution in [2.24, 2.45) is 0 Å². The summed E-state index contributed by atoms with van der Waals surface area (Å²) in [5.74, 6) is 0.145. The van der Waals surface area contributed by atoms with Crippen molar-refractivity contribution in [2.45, 2.75) is 19.5 Å². The van der Waals surface area contributed by atoms with E-state index < -0.39 is 0 Å². The van der Waals surface area contributed by atoms with E-state index in [0.29, 0.717) is 6.54 Å². The van der Waals surface area contributed by atoms with Crippen LogP contribution in [-0.2, 0) is 6.54 Å². The maximum Gasteiger partial charge on any atom is 0.179 e. The number of nitrogens with zero attached hydrogens (tertiary/aromatic N) is 2. The Balaban J connectivity index is 2.03. The van der Waals surface area contributed by atoms with E-state index in [4.69, 9.17) is 0 Å². The molecule has 2 rings (SSSR count). The Labute approximate surface area is 113 Å². The van der Waals surface area contributed by atoms with Gasteiger partial charge in [0.05, 0.1) is 6.04 Å². The van der Waals surface area contributed by atoms with Gasteiger partial charge in [-0.3, -0.25) is 14.7 Å². The lowest BCUT2D eigenvalue weighted by molar-refractivity contribution is 0.0862. The molecule has 0 radical (unpaired) electrons. The van der Waals surface area contributed by atoms with Gasteiger partial charge in [0.15, 0.2) is 5.78 Å². The minimum atomic E-state index is -0.150. The third-order valence-corrected chi connectivity index (χ3v) is 3.25. The van der Waals surface area contributed by atoms with E-state index in [1.54, 1.807) is 6.20 Å². The van der Waals surface area contributed by atoms with Crippen LogP contribution in [0.25, 0.3) is 0 Å². The molecule has 1 heterocycles. The van der Waals surface area contributed by atoms with Crippen molar-refractivity contribution in [3.05, 3.63) is 66.0 Å². The van der Waals surface area contributed by atoms with Gasteiger partial charge in [0.1, 0.15) is 0 Å². The Bertz CT molecular complexity index is 525. The second-order valence-electron chi connectivity index (χ2n) is 4.68. The molecule has 0 bridgehead atoms. The SMILES string of the molecule is CC(C(=O)c1ccccc1)N(C)Cc1cccnc1. The van der Waals surface area contributed by atoms with Crippen LogP contribution in [0, 0.1) is 0 Å². The topological polar surface area (TPSA) is 33.2 Å². The fourth-order valence-corrected chi connectivity index (χ4v) is 1.96. The molecule has 0 fully saturated rings. The molecule has 3 nitrogen and oxygen atoms in total. The van der Waals surface area contributed by atoms with Crippen molar-refractivity contribution in [3.8, 4) is 0 Å². The Morgan fingerprint density at radius 1 is 1.21 bits per heavy atom. The molecular formula is C16H18N2O. The van der Waals surface area contributed by atoms with Gasteiger partial charge in [-0.05, 0) is 25.6 Å². The maximum atomic E-state index is 12.3. The van der Waals surface area contributed by atoms with Gasteiger partial charge in [-0.2, -0.15) is 0 Å². The van der Waals surface area contributed by atoms with Crippen LogP contribution in [0.5, 0.6) is 0 Å². The summed E-state index contributed by atoms with van der Waals surface area (Å²) in [6, 6.07) is 13.2. The number of hydrogen-bond donors (Lipinski definition) is 0. The highest BCUT2D eigenvalue weighted by Crippen LogP contribution is 2.10. The van der Waals surface area contributed by atoms with E-state index in [1.807, 2.05) is 67.5 Å². The number of ketones is 1. The minimum absolute atomic E-state index is 0.145. The summed E-state index contributed by atoms with van der Waals surface area (Å²) in [6.45, 7) is 2.65. The molecule has 1 aromatic heterocycles. The van der Waals surface area contributed by atoms with Crippen molar-refractivity contribution in [2.75, 3.05) is 7.05 Å². The zero-order valence-corrected chi connectivity index (χ0v) is 11.3. The van der Waals surface area contributed by atoms with Gasteiger partial charge in [0, 0.05) is 24.5 Å². The van der Waals surface area contributed by atoms with E-state index in [9.17, 15) is 4.79 Å². The smallest absolute Gasteiger partial charge is 0.179 e. The summed E-state index contributed by atoms with van der Waals surface area (Å²) in [6.07, 6.45) is 3.58. The molecule has 3 heteroatoms. The Morgan fingerprint density at radius 3 is 2.58 bits per heavy atom. The monoisotopic (exact) mass is 254 g/mol. The van der Waals surface area contributed by atoms with Crippen LogP contribution in [0.15, 0.2) is 54.9 Å². The summed E-state index contributed by atoms with van der Waals surface area (Å²) in [7, 11) is 1.96. The highest BCUT2D eigenvalue weighted by molar-refractivity contribution is 5.99. The van der Waals surface area contributed by atoms with E-state index in [0.717, 1.165) is 11.1 Å². The van der Waals surface area contributed by atoms with Crippen LogP contribution in [0.2, 0.25) is 0 Å². The van der Waals surface area contributed by atoms with Crippen LogP contribution in [0.3, 0.4) is 0 Å². The molecular weight excluding hydrogens is 236 g/mol. The molecule has 2 aromatic rings. The third kappa shape index (κ3) is 3.48. The zero-order valence-electron chi connectivity index (χ0n) is 11.3. The molecule has 0 aliphatic heterocycles. The Morgan fingerprint density at radius 2 is 1.95 bits per heavy atom. The molecule has 0 spiro atoms. The predicted octanol–water partition coefficient (Wildman–Crippen LogP) is 2.78. The second-order valence-corrected chi connectivity index (χ2v) is 4.68. The van der Waals surface area contributed by atoms with E-state index in [-0.39, 0.29) is 11.8 Å². The van der Waals surface area contributed by atoms with Crippen molar-refractivity contribution < 1.29 is 4.79 Å². The molecule has 19 heavy (non-hydrogen) atoms. The normalized spacial score (nSPS) is 12.4. The molecule has 0 saturated carbocycles. The molecule has 98 valence electrons. The lowest BCUT2D eigenvalue weighted by Gasteiger charge is -2.23. The zero-order chi connectivity index (χ0) is 13.7. The number of likely N-dealkylation sites (N-methyl/N-ethyl adjacent to an activating group) is 1. The number of carbonyl (C=O) groups excluding carboxylic acids is 1. The first-order valence-corrected chi connectivity index (χ1v) is 6.37. The summed E-state index contributed by atoms with van der Waals surface area (Å²) in [5.41, 5.74) is 1.87. The number of rotatable bonds is 5. The standard InChI is InChI=1S/C16H18N2O/c1-13(16(19)15-8-4-3-5-9-15)18(2)12-14-7-6-10-17-11-14/h3-11,13H,12H2,1-2H3. The quantitative estimate of drug-likeness (QED) is 0.769. The molecule has 1 unspecified atom stereocenters. The van der Waals surface area contributed by atoms with Gasteiger partial charge in [-0.25, -0.2) is 0 Å². The highest BCUT2D eigenvalue weighted by Gasteiger charge is 2.19. The van der Waals surface area contributed by atoms with E-state index >= 15 is 0 Å². The van der Waals surface area contributed by atoms with E-state index in [1.165, 1.54) is 0 Å². The molecule has 1 aromatic carbocycles. The van der Waals surface area contributed by atoms with Gasteiger partial charge in [0.2, 0.25) is 0 Å². The minimum Gasteiger partial charge on any atom is -0.292 e. The Hall–Kier alpha value is -2.00. The summed E-state index contributed by atoms with van der Waals surface area (Å²) in [4.78, 5) is 18.4. The predicted molar refractivity (Wildman–Crippen MR) is 75.9 cm³/mol. The first-order chi connectivity index (χ1) is 9.18. The average molecular weight is 254 g/mol. The number of benzene rings is 1. The van der Waals surface area contributed by atoms with E-state index in [2.05, 4.69) is 4.98 Å². The molecule has 0 amide bonds. The summed E-state index contributed by atoms with van der Waals surface area (Å²) in [5, 5.41) is 0. The molecule has 0 N–H and O–H groups in total. The van der Waals surface area contributed by atoms with Crippen LogP contribution < -0.4 is 0 Å². The molecule has 0 aliphatic rings.